The fourth-order valence-corrected chi connectivity index (χ4v) is 4.22. The Morgan fingerprint density at radius 3 is 2.55 bits per heavy atom. The SMILES string of the molecule is COC(=O)c1sc2ccc3nc(C)ccc3c2c1NC(O)[C@@H](C)NC(=O)OC(C)(C)C. The molecule has 0 aliphatic rings. The van der Waals surface area contributed by atoms with E-state index < -0.39 is 29.9 Å². The van der Waals surface area contributed by atoms with Crippen molar-refractivity contribution < 1.29 is 24.2 Å². The number of hydrogen-bond donors (Lipinski definition) is 3. The van der Waals surface area contributed by atoms with Gasteiger partial charge in [-0.15, -0.1) is 11.3 Å². The standard InChI is InChI=1S/C22H27N3O5S/c1-11-7-8-13-14(23-11)9-10-15-16(13)17(18(31-15)20(27)29-6)25-19(26)12(2)24-21(28)30-22(3,4)5/h7-10,12,19,25-26H,1-6H3,(H,24,28)/t12-,19?/m1/s1. The number of rotatable bonds is 5. The molecule has 2 aromatic heterocycles. The van der Waals surface area contributed by atoms with E-state index in [1.807, 2.05) is 31.2 Å². The summed E-state index contributed by atoms with van der Waals surface area (Å²) in [6, 6.07) is 6.92. The van der Waals surface area contributed by atoms with Crippen LogP contribution in [-0.4, -0.2) is 47.1 Å². The molecule has 0 spiro atoms. The van der Waals surface area contributed by atoms with Gasteiger partial charge in [0.1, 0.15) is 16.7 Å². The number of anilines is 1. The number of fused-ring (bicyclic) bond motifs is 3. The van der Waals surface area contributed by atoms with E-state index in [0.717, 1.165) is 26.7 Å². The van der Waals surface area contributed by atoms with Crippen LogP contribution in [-0.2, 0) is 9.47 Å². The highest BCUT2D eigenvalue weighted by atomic mass is 32.1. The Morgan fingerprint density at radius 1 is 1.19 bits per heavy atom. The third kappa shape index (κ3) is 5.05. The molecule has 0 saturated heterocycles. The Morgan fingerprint density at radius 2 is 1.90 bits per heavy atom. The summed E-state index contributed by atoms with van der Waals surface area (Å²) in [4.78, 5) is 29.4. The van der Waals surface area contributed by atoms with Gasteiger partial charge in [-0.2, -0.15) is 0 Å². The summed E-state index contributed by atoms with van der Waals surface area (Å²) in [5.74, 6) is -0.517. The third-order valence-electron chi connectivity index (χ3n) is 4.54. The number of ether oxygens (including phenoxy) is 2. The Labute approximate surface area is 184 Å². The van der Waals surface area contributed by atoms with Crippen LogP contribution >= 0.6 is 11.3 Å². The molecule has 0 aliphatic carbocycles. The number of thiophene rings is 1. The molecular weight excluding hydrogens is 418 g/mol. The van der Waals surface area contributed by atoms with Crippen LogP contribution in [0.15, 0.2) is 24.3 Å². The molecule has 1 amide bonds. The molecule has 3 N–H and O–H groups in total. The number of benzene rings is 1. The number of nitrogens with one attached hydrogen (secondary N) is 2. The highest BCUT2D eigenvalue weighted by Gasteiger charge is 2.26. The average molecular weight is 446 g/mol. The van der Waals surface area contributed by atoms with E-state index in [-0.39, 0.29) is 0 Å². The van der Waals surface area contributed by atoms with E-state index in [4.69, 9.17) is 9.47 Å². The maximum absolute atomic E-state index is 12.4. The van der Waals surface area contributed by atoms with E-state index in [2.05, 4.69) is 15.6 Å². The summed E-state index contributed by atoms with van der Waals surface area (Å²) < 4.78 is 11.0. The molecule has 1 aromatic carbocycles. The van der Waals surface area contributed by atoms with E-state index in [9.17, 15) is 14.7 Å². The van der Waals surface area contributed by atoms with Crippen LogP contribution in [0.5, 0.6) is 0 Å². The van der Waals surface area contributed by atoms with Crippen molar-refractivity contribution in [1.82, 2.24) is 10.3 Å². The predicted molar refractivity (Wildman–Crippen MR) is 122 cm³/mol. The lowest BCUT2D eigenvalue weighted by Gasteiger charge is -2.25. The number of carbonyl (C=O) groups excluding carboxylic acids is 2. The predicted octanol–water partition coefficient (Wildman–Crippen LogP) is 4.19. The number of aryl methyl sites for hydroxylation is 1. The third-order valence-corrected chi connectivity index (χ3v) is 5.68. The fraction of sp³-hybridized carbons (Fsp3) is 0.409. The second-order valence-electron chi connectivity index (χ2n) is 8.28. The zero-order valence-corrected chi connectivity index (χ0v) is 19.2. The van der Waals surface area contributed by atoms with Crippen molar-refractivity contribution in [2.24, 2.45) is 0 Å². The normalized spacial score (nSPS) is 13.6. The minimum Gasteiger partial charge on any atom is -0.465 e. The smallest absolute Gasteiger partial charge is 0.408 e. The quantitative estimate of drug-likeness (QED) is 0.399. The molecule has 0 aliphatic heterocycles. The lowest BCUT2D eigenvalue weighted by molar-refractivity contribution is 0.0454. The first kappa shape index (κ1) is 22.8. The second-order valence-corrected chi connectivity index (χ2v) is 9.33. The minimum atomic E-state index is -1.19. The fourth-order valence-electron chi connectivity index (χ4n) is 3.12. The van der Waals surface area contributed by atoms with Crippen LogP contribution in [0.4, 0.5) is 10.5 Å². The molecular formula is C22H27N3O5S. The van der Waals surface area contributed by atoms with Crippen molar-refractivity contribution in [2.45, 2.75) is 52.5 Å². The van der Waals surface area contributed by atoms with Crippen molar-refractivity contribution in [1.29, 1.82) is 0 Å². The van der Waals surface area contributed by atoms with Gasteiger partial charge in [-0.25, -0.2) is 9.59 Å². The summed E-state index contributed by atoms with van der Waals surface area (Å²) in [5, 5.41) is 17.9. The molecule has 8 nitrogen and oxygen atoms in total. The van der Waals surface area contributed by atoms with Gasteiger partial charge in [0.15, 0.2) is 0 Å². The summed E-state index contributed by atoms with van der Waals surface area (Å²) in [5.41, 5.74) is 1.43. The highest BCUT2D eigenvalue weighted by molar-refractivity contribution is 7.21. The zero-order chi connectivity index (χ0) is 22.9. The van der Waals surface area contributed by atoms with Gasteiger partial charge in [0, 0.05) is 21.2 Å². The number of hydrogen-bond acceptors (Lipinski definition) is 8. The Kier molecular flexibility index (Phi) is 6.38. The molecule has 0 saturated carbocycles. The van der Waals surface area contributed by atoms with Gasteiger partial charge < -0.3 is 25.2 Å². The molecule has 0 bridgehead atoms. The molecule has 2 heterocycles. The molecule has 9 heteroatoms. The first-order valence-electron chi connectivity index (χ1n) is 9.85. The molecule has 31 heavy (non-hydrogen) atoms. The van der Waals surface area contributed by atoms with Gasteiger partial charge >= 0.3 is 12.1 Å². The Bertz CT molecular complexity index is 1140. The molecule has 166 valence electrons. The summed E-state index contributed by atoms with van der Waals surface area (Å²) in [7, 11) is 1.31. The maximum atomic E-state index is 12.4. The Hall–Kier alpha value is -2.91. The van der Waals surface area contributed by atoms with Crippen LogP contribution in [0.1, 0.15) is 43.1 Å². The number of esters is 1. The van der Waals surface area contributed by atoms with Crippen LogP contribution in [0, 0.1) is 6.92 Å². The van der Waals surface area contributed by atoms with Crippen LogP contribution in [0.3, 0.4) is 0 Å². The van der Waals surface area contributed by atoms with E-state index in [1.54, 1.807) is 27.7 Å². The number of alkyl carbamates (subject to hydrolysis) is 1. The molecule has 1 unspecified atom stereocenters. The van der Waals surface area contributed by atoms with Crippen molar-refractivity contribution in [3.05, 3.63) is 34.8 Å². The van der Waals surface area contributed by atoms with Crippen LogP contribution in [0.25, 0.3) is 21.0 Å². The topological polar surface area (TPSA) is 110 Å². The highest BCUT2D eigenvalue weighted by Crippen LogP contribution is 2.40. The maximum Gasteiger partial charge on any atom is 0.408 e. The van der Waals surface area contributed by atoms with Gasteiger partial charge in [0.05, 0.1) is 24.4 Å². The summed E-state index contributed by atoms with van der Waals surface area (Å²) in [6.07, 6.45) is -1.84. The van der Waals surface area contributed by atoms with Gasteiger partial charge in [-0.05, 0) is 52.8 Å². The van der Waals surface area contributed by atoms with Crippen molar-refractivity contribution in [3.63, 3.8) is 0 Å². The first-order chi connectivity index (χ1) is 14.5. The largest absolute Gasteiger partial charge is 0.465 e. The number of aromatic nitrogens is 1. The van der Waals surface area contributed by atoms with Crippen LogP contribution < -0.4 is 10.6 Å². The van der Waals surface area contributed by atoms with Gasteiger partial charge in [0.25, 0.3) is 0 Å². The number of pyridine rings is 1. The van der Waals surface area contributed by atoms with Crippen molar-refractivity contribution >= 4 is 50.1 Å². The van der Waals surface area contributed by atoms with E-state index >= 15 is 0 Å². The van der Waals surface area contributed by atoms with E-state index in [0.29, 0.717) is 10.6 Å². The van der Waals surface area contributed by atoms with Gasteiger partial charge in [-0.3, -0.25) is 4.98 Å². The van der Waals surface area contributed by atoms with Crippen molar-refractivity contribution in [2.75, 3.05) is 12.4 Å². The molecule has 0 fully saturated rings. The number of aliphatic hydroxyl groups excluding tert-OH is 1. The number of methoxy groups -OCH3 is 1. The lowest BCUT2D eigenvalue weighted by Crippen LogP contribution is -2.46. The van der Waals surface area contributed by atoms with E-state index in [1.165, 1.54) is 18.4 Å². The van der Waals surface area contributed by atoms with Gasteiger partial charge in [-0.1, -0.05) is 6.07 Å². The zero-order valence-electron chi connectivity index (χ0n) is 18.4. The average Bonchev–Trinajstić information content (AvgIpc) is 3.04. The van der Waals surface area contributed by atoms with Crippen LogP contribution in [0.2, 0.25) is 0 Å². The number of aliphatic hydroxyl groups is 1. The summed E-state index contributed by atoms with van der Waals surface area (Å²) >= 11 is 1.26. The molecule has 0 radical (unpaired) electrons. The second kappa shape index (κ2) is 8.68. The molecule has 3 rings (SSSR count). The monoisotopic (exact) mass is 445 g/mol. The lowest BCUT2D eigenvalue weighted by atomic mass is 10.1. The first-order valence-corrected chi connectivity index (χ1v) is 10.7. The van der Waals surface area contributed by atoms with Crippen molar-refractivity contribution in [3.8, 4) is 0 Å². The number of carbonyl (C=O) groups is 2. The number of amides is 1. The summed E-state index contributed by atoms with van der Waals surface area (Å²) in [6.45, 7) is 8.81. The Balaban J connectivity index is 1.99. The molecule has 3 aromatic rings. The van der Waals surface area contributed by atoms with Gasteiger partial charge in [0.2, 0.25) is 0 Å². The number of nitrogens with zero attached hydrogens (tertiary/aromatic N) is 1. The minimum absolute atomic E-state index is 0.328. The molecule has 2 atom stereocenters.